The first-order valence-corrected chi connectivity index (χ1v) is 17.3. The zero-order valence-corrected chi connectivity index (χ0v) is 27.2. The van der Waals surface area contributed by atoms with Crippen LogP contribution in [0.2, 0.25) is 0 Å². The first-order chi connectivity index (χ1) is 23.8. The first-order valence-electron chi connectivity index (χ1n) is 16.5. The lowest BCUT2D eigenvalue weighted by Gasteiger charge is -2.32. The average molecular weight is 630 g/mol. The van der Waals surface area contributed by atoms with Crippen LogP contribution in [0.4, 0.5) is 11.4 Å². The van der Waals surface area contributed by atoms with Crippen molar-refractivity contribution in [2.45, 2.75) is 12.8 Å². The highest BCUT2D eigenvalue weighted by Crippen LogP contribution is 2.48. The number of nitrogens with zero attached hydrogens (tertiary/aromatic N) is 1. The van der Waals surface area contributed by atoms with Crippen molar-refractivity contribution in [1.29, 1.82) is 0 Å². The van der Waals surface area contributed by atoms with Crippen LogP contribution in [0.25, 0.3) is 54.2 Å². The van der Waals surface area contributed by atoms with Gasteiger partial charge in [0.25, 0.3) is 0 Å². The molecule has 0 N–H and O–H groups in total. The van der Waals surface area contributed by atoms with Crippen LogP contribution in [-0.4, -0.2) is 0 Å². The molecule has 0 spiro atoms. The number of hydrogen-bond donors (Lipinski definition) is 0. The highest BCUT2D eigenvalue weighted by Gasteiger charge is 2.26. The third-order valence-corrected chi connectivity index (χ3v) is 10.6. The van der Waals surface area contributed by atoms with Gasteiger partial charge in [-0.3, -0.25) is 0 Å². The van der Waals surface area contributed by atoms with Crippen LogP contribution >= 0.6 is 11.3 Å². The van der Waals surface area contributed by atoms with E-state index in [1.54, 1.807) is 0 Å². The van der Waals surface area contributed by atoms with Crippen molar-refractivity contribution in [3.63, 3.8) is 0 Å². The molecular weight excluding hydrogens is 599 g/mol. The molecule has 2 aliphatic carbocycles. The third-order valence-electron chi connectivity index (χ3n) is 9.48. The van der Waals surface area contributed by atoms with Crippen LogP contribution in [0, 0.1) is 0 Å². The minimum Gasteiger partial charge on any atom is -0.301 e. The second kappa shape index (κ2) is 12.0. The van der Waals surface area contributed by atoms with Gasteiger partial charge in [-0.25, -0.2) is 0 Å². The zero-order valence-electron chi connectivity index (χ0n) is 26.4. The summed E-state index contributed by atoms with van der Waals surface area (Å²) in [6.07, 6.45) is 8.64. The van der Waals surface area contributed by atoms with Crippen LogP contribution in [0.5, 0.6) is 0 Å². The fraction of sp³-hybridized carbons (Fsp3) is 0.0435. The van der Waals surface area contributed by atoms with E-state index in [-0.39, 0.29) is 0 Å². The summed E-state index contributed by atoms with van der Waals surface area (Å²) in [7, 11) is 0. The fourth-order valence-electron chi connectivity index (χ4n) is 7.23. The highest BCUT2D eigenvalue weighted by molar-refractivity contribution is 7.25. The van der Waals surface area contributed by atoms with Gasteiger partial charge >= 0.3 is 0 Å². The molecule has 48 heavy (non-hydrogen) atoms. The van der Waals surface area contributed by atoms with E-state index in [0.717, 1.165) is 41.0 Å². The number of rotatable bonds is 6. The molecule has 0 saturated heterocycles. The Balaban J connectivity index is 1.28. The summed E-state index contributed by atoms with van der Waals surface area (Å²) in [6, 6.07) is 52.5. The maximum absolute atomic E-state index is 3.58. The van der Waals surface area contributed by atoms with Gasteiger partial charge in [-0.2, -0.15) is 0 Å². The van der Waals surface area contributed by atoms with Gasteiger partial charge in [0, 0.05) is 36.9 Å². The highest BCUT2D eigenvalue weighted by atomic mass is 32.1. The maximum atomic E-state index is 3.58. The topological polar surface area (TPSA) is 3.24 Å². The minimum atomic E-state index is 0.971. The van der Waals surface area contributed by atoms with E-state index in [1.807, 2.05) is 17.4 Å². The van der Waals surface area contributed by atoms with Gasteiger partial charge in [-0.15, -0.1) is 11.3 Å². The molecule has 0 aliphatic heterocycles. The number of para-hydroxylation sites is 2. The van der Waals surface area contributed by atoms with Crippen LogP contribution in [0.1, 0.15) is 35.1 Å². The predicted octanol–water partition coefficient (Wildman–Crippen LogP) is 12.9. The average Bonchev–Trinajstić information content (AvgIpc) is 3.55. The van der Waals surface area contributed by atoms with Gasteiger partial charge in [-0.1, -0.05) is 139 Å². The monoisotopic (exact) mass is 629 g/mol. The van der Waals surface area contributed by atoms with Crippen molar-refractivity contribution in [2.24, 2.45) is 0 Å². The molecular formula is C46H31NS. The quantitative estimate of drug-likeness (QED) is 0.165. The molecule has 7 aromatic rings. The molecule has 0 radical (unpaired) electrons. The van der Waals surface area contributed by atoms with E-state index in [1.165, 1.54) is 53.6 Å². The Morgan fingerprint density at radius 2 is 1.12 bits per heavy atom. The Hall–Kier alpha value is -5.88. The van der Waals surface area contributed by atoms with Crippen molar-refractivity contribution in [1.82, 2.24) is 0 Å². The van der Waals surface area contributed by atoms with Gasteiger partial charge < -0.3 is 4.90 Å². The Kier molecular flexibility index (Phi) is 7.12. The standard InChI is InChI=1S/C46H31NS/c1-2-14-32(15-3-1)33-28-30-35(31-29-33)37-19-6-9-23-41(37)47(42-25-12-17-34-16-4-5-18-36(34)42)43-24-10-7-20-38(43)39-22-13-27-45-46(39)40-21-8-11-26-44(40)48-45/h1-11,13-24,26-28,30H,29,31H2. The smallest absolute Gasteiger partial charge is 0.105 e. The predicted molar refractivity (Wildman–Crippen MR) is 206 cm³/mol. The van der Waals surface area contributed by atoms with E-state index in [4.69, 9.17) is 0 Å². The lowest BCUT2D eigenvalue weighted by atomic mass is 9.88. The van der Waals surface area contributed by atoms with E-state index in [0.29, 0.717) is 0 Å². The number of hydrogen-bond acceptors (Lipinski definition) is 2. The van der Waals surface area contributed by atoms with Crippen LogP contribution < -0.4 is 4.90 Å². The van der Waals surface area contributed by atoms with Gasteiger partial charge in [0.1, 0.15) is 5.70 Å². The Morgan fingerprint density at radius 1 is 0.500 bits per heavy atom. The maximum Gasteiger partial charge on any atom is 0.105 e. The molecule has 1 heterocycles. The van der Waals surface area contributed by atoms with Gasteiger partial charge in [-0.05, 0) is 76.8 Å². The molecule has 9 rings (SSSR count). The van der Waals surface area contributed by atoms with E-state index in [9.17, 15) is 0 Å². The van der Waals surface area contributed by atoms with Gasteiger partial charge in [0.15, 0.2) is 0 Å². The summed E-state index contributed by atoms with van der Waals surface area (Å²) >= 11 is 1.86. The lowest BCUT2D eigenvalue weighted by Crippen LogP contribution is -2.18. The van der Waals surface area contributed by atoms with Crippen LogP contribution in [-0.2, 0) is 0 Å². The molecule has 0 bridgehead atoms. The second-order valence-electron chi connectivity index (χ2n) is 12.2. The molecule has 6 aromatic carbocycles. The third kappa shape index (κ3) is 4.88. The van der Waals surface area contributed by atoms with Crippen molar-refractivity contribution in [2.75, 3.05) is 4.90 Å². The van der Waals surface area contributed by atoms with Gasteiger partial charge in [0.05, 0.1) is 11.4 Å². The summed E-state index contributed by atoms with van der Waals surface area (Å²) in [5.74, 6) is 0. The Bertz CT molecular complexity index is 2530. The molecule has 1 aromatic heterocycles. The van der Waals surface area contributed by atoms with Crippen LogP contribution in [0.15, 0.2) is 169 Å². The number of fused-ring (bicyclic) bond motifs is 4. The van der Waals surface area contributed by atoms with Crippen molar-refractivity contribution < 1.29 is 0 Å². The fourth-order valence-corrected chi connectivity index (χ4v) is 8.36. The number of thiophene rings is 1. The molecule has 2 heteroatoms. The summed E-state index contributed by atoms with van der Waals surface area (Å²) in [5.41, 5.74) is 20.1. The Labute approximate surface area is 285 Å². The van der Waals surface area contributed by atoms with Crippen LogP contribution in [0.3, 0.4) is 0 Å². The summed E-state index contributed by atoms with van der Waals surface area (Å²) in [5, 5.41) is 2.61. The van der Waals surface area contributed by atoms with E-state index >= 15 is 0 Å². The van der Waals surface area contributed by atoms with Gasteiger partial charge in [0.2, 0.25) is 0 Å². The molecule has 1 nitrogen and oxygen atoms in total. The molecule has 0 fully saturated rings. The first kappa shape index (κ1) is 28.4. The Morgan fingerprint density at radius 3 is 1.96 bits per heavy atom. The summed E-state index contributed by atoms with van der Waals surface area (Å²) < 4.78 is 2.61. The molecule has 226 valence electrons. The number of allylic oxidation sites excluding steroid dienone is 4. The summed E-state index contributed by atoms with van der Waals surface area (Å²) in [4.78, 5) is 2.42. The number of benzene rings is 6. The zero-order chi connectivity index (χ0) is 31.9. The molecule has 0 atom stereocenters. The SMILES string of the molecule is C1=C=C(N(c2ccccc2C2=CC=C(c3ccccc3)CC2)c2ccccc2-c2cccc3sc4ccccc4c23)c2ccccc2C=1. The molecule has 2 aliphatic rings. The van der Waals surface area contributed by atoms with E-state index < -0.39 is 0 Å². The van der Waals surface area contributed by atoms with E-state index in [2.05, 4.69) is 174 Å². The molecule has 0 amide bonds. The number of anilines is 2. The lowest BCUT2D eigenvalue weighted by molar-refractivity contribution is 1.07. The van der Waals surface area contributed by atoms with Crippen molar-refractivity contribution in [3.8, 4) is 11.1 Å². The molecule has 0 saturated carbocycles. The normalized spacial score (nSPS) is 13.6. The minimum absolute atomic E-state index is 0.971. The second-order valence-corrected chi connectivity index (χ2v) is 13.3. The van der Waals surface area contributed by atoms with Crippen molar-refractivity contribution in [3.05, 3.63) is 191 Å². The molecule has 0 unspecified atom stereocenters. The summed E-state index contributed by atoms with van der Waals surface area (Å²) in [6.45, 7) is 0. The largest absolute Gasteiger partial charge is 0.301 e. The van der Waals surface area contributed by atoms with Crippen molar-refractivity contribution >= 4 is 65.8 Å².